The van der Waals surface area contributed by atoms with Gasteiger partial charge in [0.15, 0.2) is 0 Å². The highest BCUT2D eigenvalue weighted by Crippen LogP contribution is 2.38. The lowest BCUT2D eigenvalue weighted by Gasteiger charge is -2.39. The molecule has 3 rings (SSSR count). The molecule has 2 unspecified atom stereocenters. The number of rotatable bonds is 3. The fourth-order valence-corrected chi connectivity index (χ4v) is 3.01. The van der Waals surface area contributed by atoms with Crippen molar-refractivity contribution in [2.45, 2.75) is 38.3 Å². The Labute approximate surface area is 127 Å². The Morgan fingerprint density at radius 3 is 2.71 bits per heavy atom. The Kier molecular flexibility index (Phi) is 3.61. The number of nitrogens with one attached hydrogen (secondary N) is 1. The van der Waals surface area contributed by atoms with Crippen molar-refractivity contribution in [3.8, 4) is 0 Å². The van der Waals surface area contributed by atoms with Crippen LogP contribution in [0.5, 0.6) is 0 Å². The third-order valence-electron chi connectivity index (χ3n) is 4.06. The van der Waals surface area contributed by atoms with Gasteiger partial charge in [0.05, 0.1) is 10.7 Å². The molecule has 1 heterocycles. The van der Waals surface area contributed by atoms with Gasteiger partial charge in [0.25, 0.3) is 5.91 Å². The van der Waals surface area contributed by atoms with Crippen LogP contribution in [0.25, 0.3) is 0 Å². The lowest BCUT2D eigenvalue weighted by atomic mass is 10.0. The molecule has 0 spiro atoms. The van der Waals surface area contributed by atoms with E-state index in [1.807, 2.05) is 6.92 Å². The van der Waals surface area contributed by atoms with Gasteiger partial charge in [-0.25, -0.2) is 4.39 Å². The summed E-state index contributed by atoms with van der Waals surface area (Å²) in [7, 11) is 0. The highest BCUT2D eigenvalue weighted by Gasteiger charge is 2.47. The van der Waals surface area contributed by atoms with Crippen LogP contribution < -0.4 is 10.2 Å². The fourth-order valence-electron chi connectivity index (χ4n) is 2.81. The SMILES string of the molecule is CCC1C(=O)NC(C2CC2)C(=O)N1c1cc(F)ccc1Cl. The van der Waals surface area contributed by atoms with E-state index >= 15 is 0 Å². The average molecular weight is 311 g/mol. The summed E-state index contributed by atoms with van der Waals surface area (Å²) in [5, 5.41) is 3.07. The van der Waals surface area contributed by atoms with E-state index in [0.717, 1.165) is 12.8 Å². The van der Waals surface area contributed by atoms with E-state index in [-0.39, 0.29) is 28.4 Å². The Morgan fingerprint density at radius 2 is 2.10 bits per heavy atom. The van der Waals surface area contributed by atoms with E-state index in [1.54, 1.807) is 0 Å². The Bertz CT molecular complexity index is 603. The quantitative estimate of drug-likeness (QED) is 0.932. The summed E-state index contributed by atoms with van der Waals surface area (Å²) in [6, 6.07) is 2.70. The number of halogens is 2. The van der Waals surface area contributed by atoms with E-state index in [2.05, 4.69) is 5.32 Å². The van der Waals surface area contributed by atoms with Crippen LogP contribution in [-0.2, 0) is 9.59 Å². The molecule has 1 aromatic carbocycles. The first-order chi connectivity index (χ1) is 10.0. The summed E-state index contributed by atoms with van der Waals surface area (Å²) in [5.41, 5.74) is 0.272. The molecule has 6 heteroatoms. The Hall–Kier alpha value is -1.62. The van der Waals surface area contributed by atoms with E-state index in [4.69, 9.17) is 11.6 Å². The van der Waals surface area contributed by atoms with Crippen molar-refractivity contribution in [1.82, 2.24) is 5.32 Å². The summed E-state index contributed by atoms with van der Waals surface area (Å²) in [6.45, 7) is 1.81. The molecular formula is C15H16ClFN2O2. The lowest BCUT2D eigenvalue weighted by Crippen LogP contribution is -2.64. The van der Waals surface area contributed by atoms with E-state index in [9.17, 15) is 14.0 Å². The van der Waals surface area contributed by atoms with Gasteiger partial charge in [-0.1, -0.05) is 18.5 Å². The van der Waals surface area contributed by atoms with Crippen molar-refractivity contribution >= 4 is 29.1 Å². The van der Waals surface area contributed by atoms with Crippen LogP contribution in [-0.4, -0.2) is 23.9 Å². The fraction of sp³-hybridized carbons (Fsp3) is 0.467. The van der Waals surface area contributed by atoms with Gasteiger partial charge in [-0.2, -0.15) is 0 Å². The zero-order chi connectivity index (χ0) is 15.1. The summed E-state index contributed by atoms with van der Waals surface area (Å²) in [6.07, 6.45) is 2.30. The summed E-state index contributed by atoms with van der Waals surface area (Å²) in [4.78, 5) is 26.3. The second-order valence-corrected chi connectivity index (χ2v) is 5.96. The maximum absolute atomic E-state index is 13.5. The second kappa shape index (κ2) is 5.30. The molecule has 1 aliphatic carbocycles. The molecule has 1 saturated carbocycles. The van der Waals surface area contributed by atoms with Crippen LogP contribution in [0.4, 0.5) is 10.1 Å². The molecule has 2 amide bonds. The van der Waals surface area contributed by atoms with Crippen molar-refractivity contribution in [2.75, 3.05) is 4.90 Å². The van der Waals surface area contributed by atoms with Gasteiger partial charge in [0.1, 0.15) is 17.9 Å². The second-order valence-electron chi connectivity index (χ2n) is 5.55. The lowest BCUT2D eigenvalue weighted by molar-refractivity contribution is -0.134. The van der Waals surface area contributed by atoms with E-state index < -0.39 is 17.9 Å². The molecule has 1 N–H and O–H groups in total. The van der Waals surface area contributed by atoms with Gasteiger partial charge in [0, 0.05) is 0 Å². The highest BCUT2D eigenvalue weighted by molar-refractivity contribution is 6.34. The van der Waals surface area contributed by atoms with Crippen molar-refractivity contribution in [3.05, 3.63) is 29.0 Å². The molecular weight excluding hydrogens is 295 g/mol. The first-order valence-corrected chi connectivity index (χ1v) is 7.49. The summed E-state index contributed by atoms with van der Waals surface area (Å²) in [5.74, 6) is -0.689. The number of hydrogen-bond donors (Lipinski definition) is 1. The van der Waals surface area contributed by atoms with Gasteiger partial charge in [-0.05, 0) is 43.4 Å². The predicted molar refractivity (Wildman–Crippen MR) is 77.6 cm³/mol. The molecule has 1 aromatic rings. The minimum absolute atomic E-state index is 0.189. The first-order valence-electron chi connectivity index (χ1n) is 7.11. The van der Waals surface area contributed by atoms with Gasteiger partial charge in [-0.15, -0.1) is 0 Å². The first kappa shape index (κ1) is 14.3. The molecule has 2 atom stereocenters. The van der Waals surface area contributed by atoms with Crippen molar-refractivity contribution in [3.63, 3.8) is 0 Å². The van der Waals surface area contributed by atoms with Crippen molar-refractivity contribution in [2.24, 2.45) is 5.92 Å². The van der Waals surface area contributed by atoms with Gasteiger partial charge in [0.2, 0.25) is 5.91 Å². The molecule has 2 fully saturated rings. The number of hydrogen-bond acceptors (Lipinski definition) is 2. The molecule has 0 bridgehead atoms. The van der Waals surface area contributed by atoms with Gasteiger partial charge >= 0.3 is 0 Å². The van der Waals surface area contributed by atoms with Gasteiger partial charge in [-0.3, -0.25) is 14.5 Å². The molecule has 21 heavy (non-hydrogen) atoms. The minimum atomic E-state index is -0.646. The van der Waals surface area contributed by atoms with Crippen LogP contribution in [0.15, 0.2) is 18.2 Å². The normalized spacial score (nSPS) is 26.0. The monoisotopic (exact) mass is 310 g/mol. The number of carbonyl (C=O) groups excluding carboxylic acids is 2. The third kappa shape index (κ3) is 2.50. The predicted octanol–water partition coefficient (Wildman–Crippen LogP) is 2.50. The molecule has 0 radical (unpaired) electrons. The van der Waals surface area contributed by atoms with Crippen molar-refractivity contribution < 1.29 is 14.0 Å². The molecule has 2 aliphatic rings. The van der Waals surface area contributed by atoms with Crippen LogP contribution in [0.3, 0.4) is 0 Å². The van der Waals surface area contributed by atoms with E-state index in [1.165, 1.54) is 23.1 Å². The topological polar surface area (TPSA) is 49.4 Å². The number of carbonyl (C=O) groups is 2. The number of nitrogens with zero attached hydrogens (tertiary/aromatic N) is 1. The van der Waals surface area contributed by atoms with Crippen LogP contribution in [0.2, 0.25) is 5.02 Å². The molecule has 112 valence electrons. The summed E-state index contributed by atoms with van der Waals surface area (Å²) < 4.78 is 13.5. The summed E-state index contributed by atoms with van der Waals surface area (Å²) >= 11 is 6.12. The average Bonchev–Trinajstić information content (AvgIpc) is 3.28. The zero-order valence-electron chi connectivity index (χ0n) is 11.6. The highest BCUT2D eigenvalue weighted by atomic mass is 35.5. The van der Waals surface area contributed by atoms with Gasteiger partial charge < -0.3 is 5.32 Å². The van der Waals surface area contributed by atoms with Crippen LogP contribution in [0.1, 0.15) is 26.2 Å². The van der Waals surface area contributed by atoms with Crippen LogP contribution in [0, 0.1) is 11.7 Å². The maximum Gasteiger partial charge on any atom is 0.250 e. The zero-order valence-corrected chi connectivity index (χ0v) is 12.4. The largest absolute Gasteiger partial charge is 0.342 e. The number of amides is 2. The molecule has 0 aromatic heterocycles. The molecule has 4 nitrogen and oxygen atoms in total. The van der Waals surface area contributed by atoms with Crippen molar-refractivity contribution in [1.29, 1.82) is 0 Å². The number of piperazine rings is 1. The molecule has 1 saturated heterocycles. The Morgan fingerprint density at radius 1 is 1.38 bits per heavy atom. The van der Waals surface area contributed by atoms with E-state index in [0.29, 0.717) is 6.42 Å². The van der Waals surface area contributed by atoms with Crippen LogP contribution >= 0.6 is 11.6 Å². The number of anilines is 1. The third-order valence-corrected chi connectivity index (χ3v) is 4.38. The standard InChI is InChI=1S/C15H16ClFN2O2/c1-2-11-14(20)18-13(8-3-4-8)15(21)19(11)12-7-9(17)5-6-10(12)16/h5-8,11,13H,2-4H2,1H3,(H,18,20). The number of benzene rings is 1. The minimum Gasteiger partial charge on any atom is -0.342 e. The Balaban J connectivity index is 2.03. The molecule has 1 aliphatic heterocycles. The maximum atomic E-state index is 13.5. The smallest absolute Gasteiger partial charge is 0.250 e.